The van der Waals surface area contributed by atoms with Gasteiger partial charge in [-0.15, -0.1) is 5.10 Å². The van der Waals surface area contributed by atoms with E-state index in [2.05, 4.69) is 22.4 Å². The van der Waals surface area contributed by atoms with Crippen molar-refractivity contribution in [1.82, 2.24) is 20.2 Å². The van der Waals surface area contributed by atoms with Crippen molar-refractivity contribution in [3.8, 4) is 0 Å². The van der Waals surface area contributed by atoms with Crippen molar-refractivity contribution >= 4 is 5.97 Å². The molecule has 0 aliphatic rings. The maximum atomic E-state index is 10.9. The molecule has 0 fully saturated rings. The van der Waals surface area contributed by atoms with Gasteiger partial charge in [-0.1, -0.05) is 19.8 Å². The highest BCUT2D eigenvalue weighted by Gasteiger charge is 2.24. The fraction of sp³-hybridized carbons (Fsp3) is 0.818. The average Bonchev–Trinajstić information content (AvgIpc) is 2.75. The summed E-state index contributed by atoms with van der Waals surface area (Å²) < 4.78 is 1.63. The molecule has 17 heavy (non-hydrogen) atoms. The molecule has 6 nitrogen and oxygen atoms in total. The zero-order valence-corrected chi connectivity index (χ0v) is 10.6. The minimum absolute atomic E-state index is 0.223. The molecular formula is C11H20N4O2. The van der Waals surface area contributed by atoms with Crippen molar-refractivity contribution in [3.63, 3.8) is 0 Å². The highest BCUT2D eigenvalue weighted by Crippen LogP contribution is 2.18. The molecule has 1 heterocycles. The molecule has 6 heteroatoms. The Balaban J connectivity index is 2.70. The van der Waals surface area contributed by atoms with Crippen LogP contribution in [0.4, 0.5) is 0 Å². The summed E-state index contributed by atoms with van der Waals surface area (Å²) in [7, 11) is 0. The monoisotopic (exact) mass is 240 g/mol. The zero-order valence-electron chi connectivity index (χ0n) is 10.6. The van der Waals surface area contributed by atoms with E-state index in [1.807, 2.05) is 6.92 Å². The predicted octanol–water partition coefficient (Wildman–Crippen LogP) is 1.69. The molecular weight excluding hydrogens is 220 g/mol. The summed E-state index contributed by atoms with van der Waals surface area (Å²) in [6, 6.07) is -0.223. The Morgan fingerprint density at radius 3 is 2.71 bits per heavy atom. The molecule has 0 amide bonds. The van der Waals surface area contributed by atoms with Crippen molar-refractivity contribution in [2.75, 3.05) is 0 Å². The van der Waals surface area contributed by atoms with Crippen molar-refractivity contribution in [3.05, 3.63) is 5.82 Å². The van der Waals surface area contributed by atoms with E-state index in [-0.39, 0.29) is 6.04 Å². The van der Waals surface area contributed by atoms with Gasteiger partial charge in [-0.05, 0) is 30.7 Å². The number of carboxylic acids is 1. The predicted molar refractivity (Wildman–Crippen MR) is 62.6 cm³/mol. The van der Waals surface area contributed by atoms with E-state index in [0.29, 0.717) is 0 Å². The number of carbonyl (C=O) groups is 1. The average molecular weight is 240 g/mol. The van der Waals surface area contributed by atoms with E-state index in [1.165, 1.54) is 0 Å². The first kappa shape index (κ1) is 13.6. The quantitative estimate of drug-likeness (QED) is 0.733. The smallest absolute Gasteiger partial charge is 0.308 e. The number of nitrogens with zero attached hydrogens (tertiary/aromatic N) is 4. The van der Waals surface area contributed by atoms with Crippen LogP contribution in [0.5, 0.6) is 0 Å². The third-order valence-electron chi connectivity index (χ3n) is 3.06. The molecule has 2 unspecified atom stereocenters. The number of rotatable bonds is 7. The normalized spacial score (nSPS) is 14.5. The molecule has 0 spiro atoms. The highest BCUT2D eigenvalue weighted by molar-refractivity contribution is 5.70. The Bertz CT molecular complexity index is 364. The maximum absolute atomic E-state index is 10.9. The van der Waals surface area contributed by atoms with Crippen LogP contribution in [0.25, 0.3) is 0 Å². The number of aryl methyl sites for hydroxylation is 1. The third kappa shape index (κ3) is 3.51. The van der Waals surface area contributed by atoms with Gasteiger partial charge in [-0.3, -0.25) is 4.79 Å². The summed E-state index contributed by atoms with van der Waals surface area (Å²) in [5, 5.41) is 20.5. The number of carboxylic acid groups (broad SMARTS) is 1. The third-order valence-corrected chi connectivity index (χ3v) is 3.06. The minimum Gasteiger partial charge on any atom is -0.481 e. The fourth-order valence-electron chi connectivity index (χ4n) is 1.64. The van der Waals surface area contributed by atoms with Crippen LogP contribution in [-0.2, 0) is 11.2 Å². The molecule has 0 aliphatic carbocycles. The van der Waals surface area contributed by atoms with Crippen molar-refractivity contribution < 1.29 is 9.90 Å². The number of tetrazole rings is 1. The standard InChI is InChI=1S/C11H20N4O2/c1-4-5-6-7-10-12-13-14-15(10)9(3)8(2)11(16)17/h8-9H,4-7H2,1-3H3,(H,16,17). The highest BCUT2D eigenvalue weighted by atomic mass is 16.4. The molecule has 96 valence electrons. The topological polar surface area (TPSA) is 80.9 Å². The molecule has 1 aromatic rings. The van der Waals surface area contributed by atoms with Crippen LogP contribution in [0.1, 0.15) is 51.9 Å². The van der Waals surface area contributed by atoms with Gasteiger partial charge >= 0.3 is 5.97 Å². The van der Waals surface area contributed by atoms with Gasteiger partial charge < -0.3 is 5.11 Å². The van der Waals surface area contributed by atoms with Crippen molar-refractivity contribution in [1.29, 1.82) is 0 Å². The summed E-state index contributed by atoms with van der Waals surface area (Å²) in [5.74, 6) is -0.546. The van der Waals surface area contributed by atoms with Crippen LogP contribution >= 0.6 is 0 Å². The molecule has 2 atom stereocenters. The second-order valence-corrected chi connectivity index (χ2v) is 4.36. The van der Waals surface area contributed by atoms with E-state index in [1.54, 1.807) is 11.6 Å². The molecule has 0 radical (unpaired) electrons. The van der Waals surface area contributed by atoms with E-state index in [9.17, 15) is 4.79 Å². The minimum atomic E-state index is -0.826. The number of unbranched alkanes of at least 4 members (excludes halogenated alkanes) is 2. The van der Waals surface area contributed by atoms with Gasteiger partial charge in [-0.2, -0.15) is 0 Å². The number of aliphatic carboxylic acids is 1. The molecule has 0 bridgehead atoms. The summed E-state index contributed by atoms with van der Waals surface area (Å²) in [4.78, 5) is 10.9. The summed E-state index contributed by atoms with van der Waals surface area (Å²) in [6.45, 7) is 5.64. The Morgan fingerprint density at radius 2 is 2.12 bits per heavy atom. The lowest BCUT2D eigenvalue weighted by Crippen LogP contribution is -2.24. The lowest BCUT2D eigenvalue weighted by Gasteiger charge is -2.17. The van der Waals surface area contributed by atoms with Gasteiger partial charge in [0.15, 0.2) is 5.82 Å². The van der Waals surface area contributed by atoms with E-state index in [4.69, 9.17) is 5.11 Å². The SMILES string of the molecule is CCCCCc1nnnn1C(C)C(C)C(=O)O. The largest absolute Gasteiger partial charge is 0.481 e. The maximum Gasteiger partial charge on any atom is 0.308 e. The molecule has 1 aromatic heterocycles. The van der Waals surface area contributed by atoms with E-state index >= 15 is 0 Å². The molecule has 0 aromatic carbocycles. The van der Waals surface area contributed by atoms with Crippen molar-refractivity contribution in [2.45, 2.75) is 52.5 Å². The van der Waals surface area contributed by atoms with E-state index < -0.39 is 11.9 Å². The molecule has 1 N–H and O–H groups in total. The van der Waals surface area contributed by atoms with Crippen LogP contribution in [0.15, 0.2) is 0 Å². The fourth-order valence-corrected chi connectivity index (χ4v) is 1.64. The second kappa shape index (κ2) is 6.32. The molecule has 0 saturated heterocycles. The van der Waals surface area contributed by atoms with Crippen LogP contribution < -0.4 is 0 Å². The lowest BCUT2D eigenvalue weighted by atomic mass is 10.0. The van der Waals surface area contributed by atoms with Crippen molar-refractivity contribution in [2.24, 2.45) is 5.92 Å². The van der Waals surface area contributed by atoms with Crippen LogP contribution in [0.3, 0.4) is 0 Å². The first-order valence-corrected chi connectivity index (χ1v) is 6.07. The van der Waals surface area contributed by atoms with Gasteiger partial charge in [0.25, 0.3) is 0 Å². The number of hydrogen-bond donors (Lipinski definition) is 1. The molecule has 0 saturated carbocycles. The number of hydrogen-bond acceptors (Lipinski definition) is 4. The van der Waals surface area contributed by atoms with E-state index in [0.717, 1.165) is 31.5 Å². The molecule has 1 rings (SSSR count). The first-order valence-electron chi connectivity index (χ1n) is 6.07. The Hall–Kier alpha value is -1.46. The van der Waals surface area contributed by atoms with Crippen LogP contribution in [0, 0.1) is 5.92 Å². The summed E-state index contributed by atoms with van der Waals surface area (Å²) >= 11 is 0. The first-order chi connectivity index (χ1) is 8.07. The molecule has 0 aliphatic heterocycles. The second-order valence-electron chi connectivity index (χ2n) is 4.36. The Kier molecular flexibility index (Phi) is 5.06. The van der Waals surface area contributed by atoms with Gasteiger partial charge in [-0.25, -0.2) is 4.68 Å². The van der Waals surface area contributed by atoms with Gasteiger partial charge in [0, 0.05) is 6.42 Å². The lowest BCUT2D eigenvalue weighted by molar-refractivity contribution is -0.142. The van der Waals surface area contributed by atoms with Crippen LogP contribution in [0.2, 0.25) is 0 Å². The summed E-state index contributed by atoms with van der Waals surface area (Å²) in [5.41, 5.74) is 0. The van der Waals surface area contributed by atoms with Gasteiger partial charge in [0.05, 0.1) is 12.0 Å². The van der Waals surface area contributed by atoms with Crippen LogP contribution in [-0.4, -0.2) is 31.3 Å². The summed E-state index contributed by atoms with van der Waals surface area (Å²) in [6.07, 6.45) is 4.11. The Labute approximate surface area is 101 Å². The van der Waals surface area contributed by atoms with Gasteiger partial charge in [0.1, 0.15) is 0 Å². The van der Waals surface area contributed by atoms with Gasteiger partial charge in [0.2, 0.25) is 0 Å². The Morgan fingerprint density at radius 1 is 1.41 bits per heavy atom. The number of aromatic nitrogens is 4. The zero-order chi connectivity index (χ0) is 12.8.